The van der Waals surface area contributed by atoms with Gasteiger partial charge in [-0.1, -0.05) is 41.0 Å². The molecule has 0 saturated carbocycles. The first-order chi connectivity index (χ1) is 15.1. The number of benzene rings is 2. The maximum atomic E-state index is 12.5. The molecule has 0 bridgehead atoms. The van der Waals surface area contributed by atoms with Gasteiger partial charge in [-0.3, -0.25) is 9.36 Å². The van der Waals surface area contributed by atoms with Crippen LogP contribution in [0, 0.1) is 0 Å². The van der Waals surface area contributed by atoms with Crippen molar-refractivity contribution in [1.82, 2.24) is 14.8 Å². The number of rotatable bonds is 7. The van der Waals surface area contributed by atoms with Crippen LogP contribution in [0.25, 0.3) is 17.3 Å². The SMILES string of the molecule is COc1ccc(-n2c(SCC(=O)Nc3c(Cl)cccc3Cl)nnc2-c2ccco2)cc1. The predicted octanol–water partition coefficient (Wildman–Crippen LogP) is 5.57. The van der Waals surface area contributed by atoms with Gasteiger partial charge < -0.3 is 14.5 Å². The van der Waals surface area contributed by atoms with E-state index in [2.05, 4.69) is 15.5 Å². The third-order valence-corrected chi connectivity index (χ3v) is 5.82. The lowest BCUT2D eigenvalue weighted by molar-refractivity contribution is -0.113. The largest absolute Gasteiger partial charge is 0.497 e. The summed E-state index contributed by atoms with van der Waals surface area (Å²) in [4.78, 5) is 12.5. The van der Waals surface area contributed by atoms with Crippen molar-refractivity contribution >= 4 is 46.6 Å². The lowest BCUT2D eigenvalue weighted by atomic mass is 10.3. The molecular weight excluding hydrogens is 459 g/mol. The molecule has 1 amide bonds. The van der Waals surface area contributed by atoms with Gasteiger partial charge in [-0.05, 0) is 48.5 Å². The molecule has 0 radical (unpaired) electrons. The van der Waals surface area contributed by atoms with Crippen LogP contribution in [0.4, 0.5) is 5.69 Å². The van der Waals surface area contributed by atoms with Crippen LogP contribution in [0.1, 0.15) is 0 Å². The van der Waals surface area contributed by atoms with E-state index in [0.29, 0.717) is 32.5 Å². The first-order valence-corrected chi connectivity index (χ1v) is 10.8. The molecule has 0 fully saturated rings. The molecule has 31 heavy (non-hydrogen) atoms. The number of hydrogen-bond acceptors (Lipinski definition) is 6. The summed E-state index contributed by atoms with van der Waals surface area (Å²) in [5.41, 5.74) is 1.18. The summed E-state index contributed by atoms with van der Waals surface area (Å²) in [6, 6.07) is 16.0. The first kappa shape index (κ1) is 21.3. The number of furan rings is 1. The van der Waals surface area contributed by atoms with E-state index in [1.165, 1.54) is 11.8 Å². The highest BCUT2D eigenvalue weighted by Gasteiger charge is 2.19. The standard InChI is InChI=1S/C21H16Cl2N4O3S/c1-29-14-9-7-13(8-10-14)27-20(17-6-3-11-30-17)25-26-21(27)31-12-18(28)24-19-15(22)4-2-5-16(19)23/h2-11H,12H2,1H3,(H,24,28). The zero-order chi connectivity index (χ0) is 21.8. The van der Waals surface area contributed by atoms with Crippen LogP contribution in [-0.4, -0.2) is 33.5 Å². The highest BCUT2D eigenvalue weighted by atomic mass is 35.5. The van der Waals surface area contributed by atoms with E-state index >= 15 is 0 Å². The van der Waals surface area contributed by atoms with Crippen LogP contribution in [0.15, 0.2) is 70.4 Å². The summed E-state index contributed by atoms with van der Waals surface area (Å²) in [5, 5.41) is 12.5. The minimum absolute atomic E-state index is 0.0774. The topological polar surface area (TPSA) is 82.2 Å². The molecule has 10 heteroatoms. The van der Waals surface area contributed by atoms with Gasteiger partial charge in [-0.15, -0.1) is 10.2 Å². The van der Waals surface area contributed by atoms with Gasteiger partial charge in [0.15, 0.2) is 10.9 Å². The number of halogens is 2. The van der Waals surface area contributed by atoms with Gasteiger partial charge in [0.25, 0.3) is 0 Å². The molecule has 0 saturated heterocycles. The molecule has 4 rings (SSSR count). The molecular formula is C21H16Cl2N4O3S. The molecule has 4 aromatic rings. The minimum atomic E-state index is -0.274. The van der Waals surface area contributed by atoms with Crippen LogP contribution in [0.2, 0.25) is 10.0 Å². The number of anilines is 1. The number of methoxy groups -OCH3 is 1. The van der Waals surface area contributed by atoms with E-state index < -0.39 is 0 Å². The van der Waals surface area contributed by atoms with E-state index in [1.807, 2.05) is 28.8 Å². The quantitative estimate of drug-likeness (QED) is 0.352. The number of hydrogen-bond donors (Lipinski definition) is 1. The Bertz CT molecular complexity index is 1170. The number of carbonyl (C=O) groups excluding carboxylic acids is 1. The Morgan fingerprint density at radius 3 is 2.48 bits per heavy atom. The van der Waals surface area contributed by atoms with Crippen molar-refractivity contribution in [3.63, 3.8) is 0 Å². The second-order valence-electron chi connectivity index (χ2n) is 6.25. The van der Waals surface area contributed by atoms with Crippen LogP contribution in [-0.2, 0) is 4.79 Å². The van der Waals surface area contributed by atoms with Crippen molar-refractivity contribution in [2.75, 3.05) is 18.2 Å². The van der Waals surface area contributed by atoms with Crippen LogP contribution >= 0.6 is 35.0 Å². The van der Waals surface area contributed by atoms with Crippen molar-refractivity contribution in [1.29, 1.82) is 0 Å². The van der Waals surface area contributed by atoms with Crippen molar-refractivity contribution in [3.8, 4) is 23.0 Å². The second-order valence-corrected chi connectivity index (χ2v) is 8.01. The van der Waals surface area contributed by atoms with E-state index in [4.69, 9.17) is 32.4 Å². The average molecular weight is 475 g/mol. The Kier molecular flexibility index (Phi) is 6.50. The first-order valence-electron chi connectivity index (χ1n) is 9.07. The minimum Gasteiger partial charge on any atom is -0.497 e. The molecule has 0 aliphatic rings. The number of thioether (sulfide) groups is 1. The van der Waals surface area contributed by atoms with Crippen LogP contribution in [0.5, 0.6) is 5.75 Å². The summed E-state index contributed by atoms with van der Waals surface area (Å²) in [6.45, 7) is 0. The zero-order valence-corrected chi connectivity index (χ0v) is 18.5. The summed E-state index contributed by atoms with van der Waals surface area (Å²) >= 11 is 13.5. The van der Waals surface area contributed by atoms with Crippen molar-refractivity contribution in [2.45, 2.75) is 5.16 Å². The second kappa shape index (κ2) is 9.47. The maximum absolute atomic E-state index is 12.5. The molecule has 0 unspecified atom stereocenters. The number of ether oxygens (including phenoxy) is 1. The van der Waals surface area contributed by atoms with Gasteiger partial charge in [0, 0.05) is 0 Å². The Labute approximate surface area is 192 Å². The zero-order valence-electron chi connectivity index (χ0n) is 16.2. The van der Waals surface area contributed by atoms with Gasteiger partial charge in [0.1, 0.15) is 5.75 Å². The molecule has 1 N–H and O–H groups in total. The summed E-state index contributed by atoms with van der Waals surface area (Å²) < 4.78 is 12.6. The predicted molar refractivity (Wildman–Crippen MR) is 121 cm³/mol. The van der Waals surface area contributed by atoms with E-state index in [9.17, 15) is 4.79 Å². The highest BCUT2D eigenvalue weighted by molar-refractivity contribution is 7.99. The Morgan fingerprint density at radius 2 is 1.84 bits per heavy atom. The van der Waals surface area contributed by atoms with E-state index in [1.54, 1.807) is 43.7 Å². The molecule has 158 valence electrons. The molecule has 0 spiro atoms. The average Bonchev–Trinajstić information content (AvgIpc) is 3.45. The molecule has 2 heterocycles. The fourth-order valence-electron chi connectivity index (χ4n) is 2.82. The molecule has 0 aliphatic heterocycles. The Morgan fingerprint density at radius 1 is 1.10 bits per heavy atom. The van der Waals surface area contributed by atoms with Crippen LogP contribution < -0.4 is 10.1 Å². The van der Waals surface area contributed by atoms with Crippen molar-refractivity contribution in [3.05, 3.63) is 70.9 Å². The molecule has 2 aromatic heterocycles. The van der Waals surface area contributed by atoms with Gasteiger partial charge >= 0.3 is 0 Å². The highest BCUT2D eigenvalue weighted by Crippen LogP contribution is 2.31. The van der Waals surface area contributed by atoms with Gasteiger partial charge in [-0.2, -0.15) is 0 Å². The Balaban J connectivity index is 1.58. The van der Waals surface area contributed by atoms with Gasteiger partial charge in [-0.25, -0.2) is 0 Å². The fourth-order valence-corrected chi connectivity index (χ4v) is 4.06. The smallest absolute Gasteiger partial charge is 0.234 e. The van der Waals surface area contributed by atoms with E-state index in [-0.39, 0.29) is 11.7 Å². The molecule has 7 nitrogen and oxygen atoms in total. The maximum Gasteiger partial charge on any atom is 0.234 e. The van der Waals surface area contributed by atoms with Crippen molar-refractivity contribution in [2.24, 2.45) is 0 Å². The fraction of sp³-hybridized carbons (Fsp3) is 0.0952. The number of carbonyl (C=O) groups is 1. The Hall–Kier alpha value is -2.94. The van der Waals surface area contributed by atoms with Gasteiger partial charge in [0.05, 0.1) is 40.5 Å². The number of aromatic nitrogens is 3. The van der Waals surface area contributed by atoms with Gasteiger partial charge in [0.2, 0.25) is 11.7 Å². The monoisotopic (exact) mass is 474 g/mol. The number of amides is 1. The number of nitrogens with one attached hydrogen (secondary N) is 1. The van der Waals surface area contributed by atoms with E-state index in [0.717, 1.165) is 11.4 Å². The molecule has 2 aromatic carbocycles. The molecule has 0 atom stereocenters. The molecule has 0 aliphatic carbocycles. The normalized spacial score (nSPS) is 10.8. The third-order valence-electron chi connectivity index (χ3n) is 4.27. The lowest BCUT2D eigenvalue weighted by Crippen LogP contribution is -2.15. The number of nitrogens with zero attached hydrogens (tertiary/aromatic N) is 3. The third kappa shape index (κ3) is 4.71. The summed E-state index contributed by atoms with van der Waals surface area (Å²) in [5.74, 6) is 1.61. The van der Waals surface area contributed by atoms with Crippen LogP contribution in [0.3, 0.4) is 0 Å². The summed E-state index contributed by atoms with van der Waals surface area (Å²) in [6.07, 6.45) is 1.57. The lowest BCUT2D eigenvalue weighted by Gasteiger charge is -2.11. The number of para-hydroxylation sites is 1. The van der Waals surface area contributed by atoms with Crippen molar-refractivity contribution < 1.29 is 13.9 Å². The summed E-state index contributed by atoms with van der Waals surface area (Å²) in [7, 11) is 1.60.